The minimum absolute atomic E-state index is 0.108. The first-order valence-electron chi connectivity index (χ1n) is 9.96. The number of benzene rings is 2. The number of carbonyl (C=O) groups is 2. The van der Waals surface area contributed by atoms with Gasteiger partial charge in [0, 0.05) is 36.8 Å². The van der Waals surface area contributed by atoms with Gasteiger partial charge in [0.05, 0.1) is 13.1 Å². The van der Waals surface area contributed by atoms with E-state index >= 15 is 0 Å². The fourth-order valence-electron chi connectivity index (χ4n) is 3.09. The van der Waals surface area contributed by atoms with Gasteiger partial charge < -0.3 is 20.9 Å². The number of piperazine rings is 1. The van der Waals surface area contributed by atoms with E-state index in [0.717, 1.165) is 17.7 Å². The van der Waals surface area contributed by atoms with Crippen molar-refractivity contribution in [2.45, 2.75) is 20.0 Å². The molecule has 1 aliphatic heterocycles. The zero-order valence-corrected chi connectivity index (χ0v) is 17.7. The molecule has 2 aromatic rings. The number of rotatable bonds is 6. The standard InChI is InChI=1S/C22H26ClN5O2/c1-2-24-22(27-14-17-4-3-5-19(23)12-17)26-13-16-6-8-18(9-7-16)21(30)28-11-10-25-20(29)15-28/h3-9,12H,2,10-11,13-15H2,1H3,(H,25,29)(H2,24,26,27). The quantitative estimate of drug-likeness (QED) is 0.487. The molecule has 3 N–H and O–H groups in total. The van der Waals surface area contributed by atoms with Gasteiger partial charge in [0.15, 0.2) is 5.96 Å². The van der Waals surface area contributed by atoms with E-state index in [4.69, 9.17) is 11.6 Å². The number of aliphatic imine (C=N–C) groups is 1. The molecule has 0 radical (unpaired) electrons. The van der Waals surface area contributed by atoms with E-state index in [9.17, 15) is 9.59 Å². The Labute approximate surface area is 181 Å². The molecule has 0 spiro atoms. The molecular weight excluding hydrogens is 402 g/mol. The summed E-state index contributed by atoms with van der Waals surface area (Å²) in [5.41, 5.74) is 2.64. The third kappa shape index (κ3) is 6.22. The SMILES string of the molecule is CCNC(=NCc1cccc(Cl)c1)NCc1ccc(C(=O)N2CCNC(=O)C2)cc1. The number of halogens is 1. The van der Waals surface area contributed by atoms with Crippen LogP contribution in [0, 0.1) is 0 Å². The van der Waals surface area contributed by atoms with Crippen LogP contribution in [0.15, 0.2) is 53.5 Å². The summed E-state index contributed by atoms with van der Waals surface area (Å²) in [4.78, 5) is 30.2. The van der Waals surface area contributed by atoms with Crippen LogP contribution in [0.25, 0.3) is 0 Å². The van der Waals surface area contributed by atoms with E-state index in [2.05, 4.69) is 20.9 Å². The molecule has 0 aromatic heterocycles. The molecule has 0 bridgehead atoms. The first-order valence-corrected chi connectivity index (χ1v) is 10.3. The van der Waals surface area contributed by atoms with Crippen LogP contribution < -0.4 is 16.0 Å². The molecule has 0 aliphatic carbocycles. The van der Waals surface area contributed by atoms with Crippen LogP contribution in [-0.2, 0) is 17.9 Å². The molecular formula is C22H26ClN5O2. The second kappa shape index (κ2) is 10.6. The van der Waals surface area contributed by atoms with Crippen LogP contribution in [-0.4, -0.2) is 48.9 Å². The van der Waals surface area contributed by atoms with Crippen LogP contribution in [0.5, 0.6) is 0 Å². The predicted molar refractivity (Wildman–Crippen MR) is 118 cm³/mol. The summed E-state index contributed by atoms with van der Waals surface area (Å²) >= 11 is 6.03. The van der Waals surface area contributed by atoms with E-state index in [-0.39, 0.29) is 18.4 Å². The van der Waals surface area contributed by atoms with Crippen LogP contribution in [0.2, 0.25) is 5.02 Å². The summed E-state index contributed by atoms with van der Waals surface area (Å²) in [6, 6.07) is 15.0. The van der Waals surface area contributed by atoms with Crippen LogP contribution in [0.1, 0.15) is 28.4 Å². The smallest absolute Gasteiger partial charge is 0.254 e. The molecule has 0 saturated carbocycles. The molecule has 7 nitrogen and oxygen atoms in total. The Hall–Kier alpha value is -3.06. The molecule has 1 fully saturated rings. The van der Waals surface area contributed by atoms with Crippen LogP contribution in [0.4, 0.5) is 0 Å². The highest BCUT2D eigenvalue weighted by Gasteiger charge is 2.22. The maximum atomic E-state index is 12.5. The molecule has 158 valence electrons. The van der Waals surface area contributed by atoms with Gasteiger partial charge in [-0.3, -0.25) is 9.59 Å². The summed E-state index contributed by atoms with van der Waals surface area (Å²) in [6.45, 7) is 4.99. The molecule has 1 heterocycles. The Morgan fingerprint density at radius 3 is 2.67 bits per heavy atom. The van der Waals surface area contributed by atoms with Crippen LogP contribution >= 0.6 is 11.6 Å². The van der Waals surface area contributed by atoms with Gasteiger partial charge in [0.2, 0.25) is 5.91 Å². The Kier molecular flexibility index (Phi) is 7.68. The number of hydrogen-bond acceptors (Lipinski definition) is 3. The molecule has 0 atom stereocenters. The minimum atomic E-state index is -0.124. The van der Waals surface area contributed by atoms with Crippen molar-refractivity contribution in [3.05, 3.63) is 70.2 Å². The average Bonchev–Trinajstić information content (AvgIpc) is 2.75. The monoisotopic (exact) mass is 427 g/mol. The van der Waals surface area contributed by atoms with Gasteiger partial charge in [-0.2, -0.15) is 0 Å². The lowest BCUT2D eigenvalue weighted by atomic mass is 10.1. The third-order valence-corrected chi connectivity index (χ3v) is 4.87. The molecule has 0 unspecified atom stereocenters. The van der Waals surface area contributed by atoms with Gasteiger partial charge in [-0.15, -0.1) is 0 Å². The fourth-order valence-corrected chi connectivity index (χ4v) is 3.31. The summed E-state index contributed by atoms with van der Waals surface area (Å²) in [5.74, 6) is 0.459. The number of carbonyl (C=O) groups excluding carboxylic acids is 2. The second-order valence-electron chi connectivity index (χ2n) is 6.95. The number of guanidine groups is 1. The van der Waals surface area contributed by atoms with Crippen molar-refractivity contribution in [1.82, 2.24) is 20.9 Å². The second-order valence-corrected chi connectivity index (χ2v) is 7.39. The maximum absolute atomic E-state index is 12.5. The Morgan fingerprint density at radius 2 is 1.97 bits per heavy atom. The number of hydrogen-bond donors (Lipinski definition) is 3. The minimum Gasteiger partial charge on any atom is -0.357 e. The predicted octanol–water partition coefficient (Wildman–Crippen LogP) is 2.17. The van der Waals surface area contributed by atoms with Gasteiger partial charge in [0.1, 0.15) is 0 Å². The summed E-state index contributed by atoms with van der Waals surface area (Å²) < 4.78 is 0. The van der Waals surface area contributed by atoms with Gasteiger partial charge in [-0.05, 0) is 42.3 Å². The highest BCUT2D eigenvalue weighted by atomic mass is 35.5. The summed E-state index contributed by atoms with van der Waals surface area (Å²) in [6.07, 6.45) is 0. The van der Waals surface area contributed by atoms with Crippen molar-refractivity contribution in [3.63, 3.8) is 0 Å². The third-order valence-electron chi connectivity index (χ3n) is 4.64. The Balaban J connectivity index is 1.57. The molecule has 3 rings (SSSR count). The molecule has 2 amide bonds. The first-order chi connectivity index (χ1) is 14.5. The molecule has 2 aromatic carbocycles. The Bertz CT molecular complexity index is 914. The van der Waals surface area contributed by atoms with E-state index in [1.165, 1.54) is 0 Å². The van der Waals surface area contributed by atoms with Gasteiger partial charge >= 0.3 is 0 Å². The topological polar surface area (TPSA) is 85.8 Å². The van der Waals surface area contributed by atoms with Crippen molar-refractivity contribution in [3.8, 4) is 0 Å². The van der Waals surface area contributed by atoms with Gasteiger partial charge in [0.25, 0.3) is 5.91 Å². The molecule has 1 saturated heterocycles. The van der Waals surface area contributed by atoms with Crippen molar-refractivity contribution in [2.75, 3.05) is 26.2 Å². The molecule has 30 heavy (non-hydrogen) atoms. The van der Waals surface area contributed by atoms with Crippen molar-refractivity contribution in [1.29, 1.82) is 0 Å². The van der Waals surface area contributed by atoms with Crippen molar-refractivity contribution in [2.24, 2.45) is 4.99 Å². The lowest BCUT2D eigenvalue weighted by molar-refractivity contribution is -0.123. The lowest BCUT2D eigenvalue weighted by Gasteiger charge is -2.26. The number of nitrogens with one attached hydrogen (secondary N) is 3. The first kappa shape index (κ1) is 21.6. The number of nitrogens with zero attached hydrogens (tertiary/aromatic N) is 2. The summed E-state index contributed by atoms with van der Waals surface area (Å²) in [7, 11) is 0. The maximum Gasteiger partial charge on any atom is 0.254 e. The zero-order chi connectivity index (χ0) is 21.3. The van der Waals surface area contributed by atoms with E-state index in [1.54, 1.807) is 17.0 Å². The van der Waals surface area contributed by atoms with Crippen LogP contribution in [0.3, 0.4) is 0 Å². The van der Waals surface area contributed by atoms with Gasteiger partial charge in [-0.25, -0.2) is 4.99 Å². The zero-order valence-electron chi connectivity index (χ0n) is 17.0. The largest absolute Gasteiger partial charge is 0.357 e. The van der Waals surface area contributed by atoms with E-state index in [1.807, 2.05) is 43.3 Å². The number of amides is 2. The van der Waals surface area contributed by atoms with E-state index in [0.29, 0.717) is 42.7 Å². The normalized spacial score (nSPS) is 14.3. The van der Waals surface area contributed by atoms with E-state index < -0.39 is 0 Å². The fraction of sp³-hybridized carbons (Fsp3) is 0.318. The lowest BCUT2D eigenvalue weighted by Crippen LogP contribution is -2.49. The summed E-state index contributed by atoms with van der Waals surface area (Å²) in [5, 5.41) is 9.94. The van der Waals surface area contributed by atoms with Crippen molar-refractivity contribution >= 4 is 29.4 Å². The van der Waals surface area contributed by atoms with Crippen molar-refractivity contribution < 1.29 is 9.59 Å². The Morgan fingerprint density at radius 1 is 1.17 bits per heavy atom. The molecule has 8 heteroatoms. The van der Waals surface area contributed by atoms with Gasteiger partial charge in [-0.1, -0.05) is 35.9 Å². The molecule has 1 aliphatic rings. The highest BCUT2D eigenvalue weighted by Crippen LogP contribution is 2.12. The highest BCUT2D eigenvalue weighted by molar-refractivity contribution is 6.30. The average molecular weight is 428 g/mol.